The van der Waals surface area contributed by atoms with Crippen molar-refractivity contribution in [2.24, 2.45) is 0 Å². The molecule has 0 saturated carbocycles. The number of carbonyl (C=O) groups excluding carboxylic acids is 2. The zero-order valence-corrected chi connectivity index (χ0v) is 9.80. The van der Waals surface area contributed by atoms with Crippen LogP contribution >= 0.6 is 0 Å². The first-order valence-electron chi connectivity index (χ1n) is 5.69. The van der Waals surface area contributed by atoms with E-state index in [1.54, 1.807) is 10.9 Å². The van der Waals surface area contributed by atoms with Crippen LogP contribution in [0.3, 0.4) is 0 Å². The molecule has 1 saturated heterocycles. The molecule has 92 valence electrons. The van der Waals surface area contributed by atoms with Crippen LogP contribution in [0.4, 0.5) is 0 Å². The largest absolute Gasteiger partial charge is 0.304 e. The van der Waals surface area contributed by atoms with Crippen molar-refractivity contribution in [3.63, 3.8) is 0 Å². The highest BCUT2D eigenvalue weighted by Crippen LogP contribution is 2.10. The van der Waals surface area contributed by atoms with Crippen LogP contribution in [0.25, 0.3) is 0 Å². The van der Waals surface area contributed by atoms with Gasteiger partial charge in [0.25, 0.3) is 0 Å². The number of likely N-dealkylation sites (N-methyl/N-ethyl adjacent to an activating group) is 1. The molecule has 1 fully saturated rings. The number of nitrogens with zero attached hydrogens (tertiary/aromatic N) is 3. The first-order valence-corrected chi connectivity index (χ1v) is 5.69. The van der Waals surface area contributed by atoms with E-state index in [1.807, 2.05) is 12.3 Å². The Kier molecular flexibility index (Phi) is 3.53. The number of aromatic nitrogens is 2. The molecule has 17 heavy (non-hydrogen) atoms. The molecular weight excluding hydrogens is 220 g/mol. The average Bonchev–Trinajstić information content (AvgIpc) is 2.82. The highest BCUT2D eigenvalue weighted by Gasteiger charge is 2.30. The summed E-state index contributed by atoms with van der Waals surface area (Å²) in [5.41, 5.74) is 0. The van der Waals surface area contributed by atoms with Gasteiger partial charge >= 0.3 is 0 Å². The van der Waals surface area contributed by atoms with Gasteiger partial charge in [-0.05, 0) is 12.5 Å². The van der Waals surface area contributed by atoms with Gasteiger partial charge < -0.3 is 5.32 Å². The maximum atomic E-state index is 11.7. The lowest BCUT2D eigenvalue weighted by atomic mass is 10.0. The van der Waals surface area contributed by atoms with E-state index in [4.69, 9.17) is 0 Å². The second kappa shape index (κ2) is 5.09. The van der Waals surface area contributed by atoms with Crippen molar-refractivity contribution in [2.45, 2.75) is 25.4 Å². The van der Waals surface area contributed by atoms with Crippen LogP contribution in [0.2, 0.25) is 0 Å². The van der Waals surface area contributed by atoms with Crippen molar-refractivity contribution in [3.8, 4) is 0 Å². The van der Waals surface area contributed by atoms with Gasteiger partial charge in [-0.15, -0.1) is 0 Å². The topological polar surface area (TPSA) is 67.2 Å². The molecule has 0 aliphatic carbocycles. The first kappa shape index (κ1) is 11.8. The summed E-state index contributed by atoms with van der Waals surface area (Å²) in [6.45, 7) is 1.38. The van der Waals surface area contributed by atoms with Crippen LogP contribution in [0, 0.1) is 0 Å². The minimum absolute atomic E-state index is 0.0971. The molecule has 1 unspecified atom stereocenters. The second-order valence-corrected chi connectivity index (χ2v) is 4.11. The molecule has 0 bridgehead atoms. The van der Waals surface area contributed by atoms with Gasteiger partial charge in [0, 0.05) is 32.4 Å². The Hall–Kier alpha value is -1.69. The van der Waals surface area contributed by atoms with E-state index in [0.29, 0.717) is 25.9 Å². The third-order valence-corrected chi connectivity index (χ3v) is 2.94. The number of hydrogen-bond acceptors (Lipinski definition) is 4. The summed E-state index contributed by atoms with van der Waals surface area (Å²) in [5, 5.41) is 7.23. The summed E-state index contributed by atoms with van der Waals surface area (Å²) in [6.07, 6.45) is 4.61. The Labute approximate surface area is 99.6 Å². The number of carbonyl (C=O) groups is 2. The summed E-state index contributed by atoms with van der Waals surface area (Å²) in [4.78, 5) is 24.2. The summed E-state index contributed by atoms with van der Waals surface area (Å²) in [7, 11) is 1.53. The van der Waals surface area contributed by atoms with Crippen LogP contribution in [0.5, 0.6) is 0 Å². The van der Waals surface area contributed by atoms with E-state index in [-0.39, 0.29) is 17.9 Å². The molecule has 0 spiro atoms. The Balaban J connectivity index is 1.79. The number of amides is 2. The molecule has 1 aliphatic rings. The van der Waals surface area contributed by atoms with Gasteiger partial charge in [-0.3, -0.25) is 19.2 Å². The molecule has 2 rings (SSSR count). The van der Waals surface area contributed by atoms with Crippen molar-refractivity contribution < 1.29 is 9.59 Å². The number of likely N-dealkylation sites (tertiary alicyclic amines) is 1. The number of rotatable bonds is 4. The molecule has 1 N–H and O–H groups in total. The van der Waals surface area contributed by atoms with Gasteiger partial charge in [0.15, 0.2) is 0 Å². The molecular formula is C11H16N4O2. The summed E-state index contributed by atoms with van der Waals surface area (Å²) in [6, 6.07) is 1.62. The molecule has 0 radical (unpaired) electrons. The molecule has 2 heterocycles. The van der Waals surface area contributed by atoms with Crippen molar-refractivity contribution in [2.75, 3.05) is 13.6 Å². The predicted molar refractivity (Wildman–Crippen MR) is 61.0 cm³/mol. The third-order valence-electron chi connectivity index (χ3n) is 2.94. The fourth-order valence-electron chi connectivity index (χ4n) is 1.89. The van der Waals surface area contributed by atoms with Crippen LogP contribution in [-0.2, 0) is 16.1 Å². The lowest BCUT2D eigenvalue weighted by Crippen LogP contribution is -2.51. The highest BCUT2D eigenvalue weighted by molar-refractivity contribution is 6.00. The average molecular weight is 236 g/mol. The van der Waals surface area contributed by atoms with E-state index >= 15 is 0 Å². The minimum Gasteiger partial charge on any atom is -0.304 e. The first-order chi connectivity index (χ1) is 8.18. The quantitative estimate of drug-likeness (QED) is 0.724. The third kappa shape index (κ3) is 2.71. The molecule has 0 aromatic carbocycles. The molecule has 2 amide bonds. The van der Waals surface area contributed by atoms with Gasteiger partial charge in [0.05, 0.1) is 12.6 Å². The molecule has 1 aromatic heterocycles. The van der Waals surface area contributed by atoms with Crippen LogP contribution < -0.4 is 5.32 Å². The fraction of sp³-hybridized carbons (Fsp3) is 0.545. The van der Waals surface area contributed by atoms with Gasteiger partial charge in [-0.1, -0.05) is 0 Å². The van der Waals surface area contributed by atoms with Crippen molar-refractivity contribution in [1.29, 1.82) is 0 Å². The van der Waals surface area contributed by atoms with Gasteiger partial charge in [-0.25, -0.2) is 0 Å². The lowest BCUT2D eigenvalue weighted by Gasteiger charge is -2.28. The molecule has 6 nitrogen and oxygen atoms in total. The number of imide groups is 1. The van der Waals surface area contributed by atoms with Crippen LogP contribution in [-0.4, -0.2) is 46.1 Å². The Morgan fingerprint density at radius 2 is 2.35 bits per heavy atom. The summed E-state index contributed by atoms with van der Waals surface area (Å²) < 4.78 is 1.80. The van der Waals surface area contributed by atoms with E-state index < -0.39 is 0 Å². The number of hydrogen-bond donors (Lipinski definition) is 1. The monoisotopic (exact) mass is 236 g/mol. The highest BCUT2D eigenvalue weighted by atomic mass is 16.2. The van der Waals surface area contributed by atoms with E-state index in [2.05, 4.69) is 10.4 Å². The van der Waals surface area contributed by atoms with Gasteiger partial charge in [-0.2, -0.15) is 5.10 Å². The van der Waals surface area contributed by atoms with E-state index in [0.717, 1.165) is 0 Å². The second-order valence-electron chi connectivity index (χ2n) is 4.11. The Morgan fingerprint density at radius 3 is 3.06 bits per heavy atom. The number of nitrogens with one attached hydrogen (secondary N) is 1. The zero-order chi connectivity index (χ0) is 12.3. The molecule has 1 aromatic rings. The molecule has 1 atom stereocenters. The molecule has 1 aliphatic heterocycles. The fourth-order valence-corrected chi connectivity index (χ4v) is 1.89. The van der Waals surface area contributed by atoms with E-state index in [1.165, 1.54) is 11.9 Å². The van der Waals surface area contributed by atoms with Crippen LogP contribution in [0.1, 0.15) is 12.8 Å². The lowest BCUT2D eigenvalue weighted by molar-refractivity contribution is -0.148. The van der Waals surface area contributed by atoms with Crippen molar-refractivity contribution in [3.05, 3.63) is 18.5 Å². The van der Waals surface area contributed by atoms with Gasteiger partial charge in [0.2, 0.25) is 11.8 Å². The maximum absolute atomic E-state index is 11.7. The maximum Gasteiger partial charge on any atom is 0.246 e. The van der Waals surface area contributed by atoms with Crippen molar-refractivity contribution in [1.82, 2.24) is 20.0 Å². The molecule has 6 heteroatoms. The van der Waals surface area contributed by atoms with Crippen LogP contribution in [0.15, 0.2) is 18.5 Å². The number of piperidine rings is 1. The predicted octanol–water partition coefficient (Wildman–Crippen LogP) is -0.380. The Bertz CT molecular complexity index is 402. The summed E-state index contributed by atoms with van der Waals surface area (Å²) in [5.74, 6) is -0.234. The Morgan fingerprint density at radius 1 is 1.53 bits per heavy atom. The zero-order valence-electron chi connectivity index (χ0n) is 9.80. The van der Waals surface area contributed by atoms with Gasteiger partial charge in [0.1, 0.15) is 0 Å². The minimum atomic E-state index is -0.242. The van der Waals surface area contributed by atoms with Crippen molar-refractivity contribution >= 4 is 11.8 Å². The SMILES string of the molecule is CN1C(=O)CCC(NCCn2cccn2)C1=O. The smallest absolute Gasteiger partial charge is 0.246 e. The summed E-state index contributed by atoms with van der Waals surface area (Å²) >= 11 is 0. The standard InChI is InChI=1S/C11H16N4O2/c1-14-10(16)4-3-9(11(14)17)12-6-8-15-7-2-5-13-15/h2,5,7,9,12H,3-4,6,8H2,1H3. The van der Waals surface area contributed by atoms with E-state index in [9.17, 15) is 9.59 Å². The normalized spacial score (nSPS) is 21.0.